The average Bonchev–Trinajstić information content (AvgIpc) is 2.87. The van der Waals surface area contributed by atoms with Gasteiger partial charge in [-0.3, -0.25) is 4.98 Å². The van der Waals surface area contributed by atoms with Gasteiger partial charge in [-0.05, 0) is 25.0 Å². The van der Waals surface area contributed by atoms with Gasteiger partial charge >= 0.3 is 6.18 Å². The van der Waals surface area contributed by atoms with Crippen molar-refractivity contribution in [3.63, 3.8) is 0 Å². The molecule has 2 aromatic heterocycles. The topological polar surface area (TPSA) is 46.0 Å². The Labute approximate surface area is 111 Å². The van der Waals surface area contributed by atoms with Crippen LogP contribution in [0.5, 0.6) is 0 Å². The molecule has 0 bridgehead atoms. The summed E-state index contributed by atoms with van der Waals surface area (Å²) >= 11 is 0.477. The van der Waals surface area contributed by atoms with Crippen LogP contribution in [0.3, 0.4) is 0 Å². The number of aromatic nitrogens is 2. The van der Waals surface area contributed by atoms with E-state index >= 15 is 0 Å². The number of hydrogen-bond acceptors (Lipinski definition) is 4. The monoisotopic (exact) mass is 288 g/mol. The predicted molar refractivity (Wildman–Crippen MR) is 64.6 cm³/mol. The zero-order chi connectivity index (χ0) is 13.9. The van der Waals surface area contributed by atoms with Gasteiger partial charge in [-0.2, -0.15) is 13.2 Å². The maximum atomic E-state index is 12.4. The highest BCUT2D eigenvalue weighted by atomic mass is 32.1. The predicted octanol–water partition coefficient (Wildman–Crippen LogP) is 3.22. The lowest BCUT2D eigenvalue weighted by atomic mass is 10.1. The number of halogens is 3. The van der Waals surface area contributed by atoms with Crippen LogP contribution in [-0.2, 0) is 12.6 Å². The van der Waals surface area contributed by atoms with Crippen molar-refractivity contribution >= 4 is 11.3 Å². The van der Waals surface area contributed by atoms with Crippen molar-refractivity contribution in [2.24, 2.45) is 0 Å². The van der Waals surface area contributed by atoms with Crippen LogP contribution in [0.2, 0.25) is 0 Å². The highest BCUT2D eigenvalue weighted by Gasteiger charge is 2.35. The van der Waals surface area contributed by atoms with Crippen molar-refractivity contribution in [2.45, 2.75) is 25.1 Å². The largest absolute Gasteiger partial charge is 0.443 e. The first-order valence-electron chi connectivity index (χ1n) is 5.57. The molecule has 2 rings (SSSR count). The number of pyridine rings is 1. The lowest BCUT2D eigenvalue weighted by molar-refractivity contribution is -0.137. The molecule has 0 saturated heterocycles. The summed E-state index contributed by atoms with van der Waals surface area (Å²) < 4.78 is 37.1. The summed E-state index contributed by atoms with van der Waals surface area (Å²) in [5, 5.41) is 8.91. The molecule has 1 atom stereocenters. The van der Waals surface area contributed by atoms with Crippen molar-refractivity contribution in [1.82, 2.24) is 9.97 Å². The van der Waals surface area contributed by atoms with Crippen LogP contribution in [0.25, 0.3) is 0 Å². The molecule has 0 aromatic carbocycles. The summed E-state index contributed by atoms with van der Waals surface area (Å²) in [6.07, 6.45) is -1.87. The van der Waals surface area contributed by atoms with Gasteiger partial charge in [0.1, 0.15) is 0 Å². The first-order chi connectivity index (χ1) is 8.97. The number of aliphatic hydroxyl groups excluding tert-OH is 1. The van der Waals surface area contributed by atoms with Crippen molar-refractivity contribution in [3.8, 4) is 0 Å². The van der Waals surface area contributed by atoms with Crippen LogP contribution in [0.4, 0.5) is 13.2 Å². The average molecular weight is 288 g/mol. The van der Waals surface area contributed by atoms with E-state index in [0.717, 1.165) is 11.9 Å². The SMILES string of the molecule is OC(CCc1ccccn1)c1cnc(C(F)(F)F)s1. The minimum absolute atomic E-state index is 0.225. The highest BCUT2D eigenvalue weighted by molar-refractivity contribution is 7.11. The van der Waals surface area contributed by atoms with Gasteiger partial charge in [0.05, 0.1) is 11.0 Å². The van der Waals surface area contributed by atoms with Crippen LogP contribution < -0.4 is 0 Å². The summed E-state index contributed by atoms with van der Waals surface area (Å²) in [5.41, 5.74) is 0.794. The van der Waals surface area contributed by atoms with Gasteiger partial charge in [-0.15, -0.1) is 11.3 Å². The van der Waals surface area contributed by atoms with E-state index < -0.39 is 17.3 Å². The summed E-state index contributed by atoms with van der Waals surface area (Å²) in [4.78, 5) is 7.59. The van der Waals surface area contributed by atoms with Crippen LogP contribution in [0, 0.1) is 0 Å². The second-order valence-electron chi connectivity index (χ2n) is 3.94. The smallest absolute Gasteiger partial charge is 0.388 e. The van der Waals surface area contributed by atoms with E-state index in [9.17, 15) is 18.3 Å². The Bertz CT molecular complexity index is 527. The molecule has 2 heterocycles. The Hall–Kier alpha value is -1.47. The molecule has 0 spiro atoms. The fourth-order valence-corrected chi connectivity index (χ4v) is 2.35. The van der Waals surface area contributed by atoms with E-state index in [1.807, 2.05) is 6.07 Å². The molecule has 0 aliphatic rings. The van der Waals surface area contributed by atoms with Crippen LogP contribution >= 0.6 is 11.3 Å². The van der Waals surface area contributed by atoms with Gasteiger partial charge in [0.2, 0.25) is 0 Å². The Morgan fingerprint density at radius 1 is 1.26 bits per heavy atom. The normalized spacial score (nSPS) is 13.5. The second-order valence-corrected chi connectivity index (χ2v) is 5.00. The van der Waals surface area contributed by atoms with Gasteiger partial charge in [0, 0.05) is 18.1 Å². The maximum absolute atomic E-state index is 12.4. The lowest BCUT2D eigenvalue weighted by Crippen LogP contribution is -2.03. The molecular weight excluding hydrogens is 277 g/mol. The molecule has 0 aliphatic heterocycles. The fraction of sp³-hybridized carbons (Fsp3) is 0.333. The van der Waals surface area contributed by atoms with Crippen molar-refractivity contribution in [3.05, 3.63) is 46.2 Å². The van der Waals surface area contributed by atoms with Gasteiger partial charge in [-0.25, -0.2) is 4.98 Å². The molecule has 19 heavy (non-hydrogen) atoms. The number of aliphatic hydroxyl groups is 1. The molecule has 0 fully saturated rings. The molecule has 3 nitrogen and oxygen atoms in total. The lowest BCUT2D eigenvalue weighted by Gasteiger charge is -2.07. The minimum Gasteiger partial charge on any atom is -0.388 e. The summed E-state index contributed by atoms with van der Waals surface area (Å²) in [7, 11) is 0. The molecule has 1 N–H and O–H groups in total. The Morgan fingerprint density at radius 2 is 2.05 bits per heavy atom. The summed E-state index contributed by atoms with van der Waals surface area (Å²) in [6, 6.07) is 5.41. The number of nitrogens with zero attached hydrogens (tertiary/aromatic N) is 2. The molecule has 7 heteroatoms. The third-order valence-electron chi connectivity index (χ3n) is 2.49. The number of alkyl halides is 3. The molecule has 0 amide bonds. The van der Waals surface area contributed by atoms with Crippen LogP contribution in [-0.4, -0.2) is 15.1 Å². The van der Waals surface area contributed by atoms with Gasteiger partial charge in [0.25, 0.3) is 0 Å². The zero-order valence-corrected chi connectivity index (χ0v) is 10.6. The zero-order valence-electron chi connectivity index (χ0n) is 9.76. The first-order valence-corrected chi connectivity index (χ1v) is 6.39. The first kappa shape index (κ1) is 14.0. The van der Waals surface area contributed by atoms with Crippen LogP contribution in [0.15, 0.2) is 30.6 Å². The Morgan fingerprint density at radius 3 is 2.63 bits per heavy atom. The summed E-state index contributed by atoms with van der Waals surface area (Å²) in [5.74, 6) is 0. The van der Waals surface area contributed by atoms with Crippen LogP contribution in [0.1, 0.15) is 28.1 Å². The van der Waals surface area contributed by atoms with Gasteiger partial charge in [-0.1, -0.05) is 6.07 Å². The minimum atomic E-state index is -4.45. The highest BCUT2D eigenvalue weighted by Crippen LogP contribution is 2.35. The number of hydrogen-bond donors (Lipinski definition) is 1. The molecular formula is C12H11F3N2OS. The quantitative estimate of drug-likeness (QED) is 0.939. The third-order valence-corrected chi connectivity index (χ3v) is 3.64. The number of thiazole rings is 1. The Balaban J connectivity index is 1.97. The molecule has 0 radical (unpaired) electrons. The number of aryl methyl sites for hydroxylation is 1. The van der Waals surface area contributed by atoms with E-state index in [4.69, 9.17) is 0 Å². The van der Waals surface area contributed by atoms with Crippen molar-refractivity contribution < 1.29 is 18.3 Å². The van der Waals surface area contributed by atoms with E-state index in [1.54, 1.807) is 18.3 Å². The molecule has 0 saturated carbocycles. The third kappa shape index (κ3) is 3.74. The second kappa shape index (κ2) is 5.66. The van der Waals surface area contributed by atoms with Crippen molar-refractivity contribution in [1.29, 1.82) is 0 Å². The molecule has 0 aliphatic carbocycles. The molecule has 102 valence electrons. The van der Waals surface area contributed by atoms with Crippen molar-refractivity contribution in [2.75, 3.05) is 0 Å². The van der Waals surface area contributed by atoms with E-state index in [1.165, 1.54) is 0 Å². The molecule has 2 aromatic rings. The maximum Gasteiger partial charge on any atom is 0.443 e. The standard InChI is InChI=1S/C12H11F3N2OS/c13-12(14,15)11-17-7-10(19-11)9(18)5-4-8-3-1-2-6-16-8/h1-3,6-7,9,18H,4-5H2. The molecule has 1 unspecified atom stereocenters. The summed E-state index contributed by atoms with van der Waals surface area (Å²) in [6.45, 7) is 0. The van der Waals surface area contributed by atoms with Gasteiger partial charge < -0.3 is 5.11 Å². The van der Waals surface area contributed by atoms with E-state index in [0.29, 0.717) is 24.2 Å². The van der Waals surface area contributed by atoms with E-state index in [2.05, 4.69) is 9.97 Å². The number of rotatable bonds is 4. The fourth-order valence-electron chi connectivity index (χ4n) is 1.54. The van der Waals surface area contributed by atoms with E-state index in [-0.39, 0.29) is 4.88 Å². The van der Waals surface area contributed by atoms with Gasteiger partial charge in [0.15, 0.2) is 5.01 Å². The Kier molecular flexibility index (Phi) is 4.16.